The molecule has 0 aromatic heterocycles. The van der Waals surface area contributed by atoms with Crippen LogP contribution in [0.4, 0.5) is 0 Å². The summed E-state index contributed by atoms with van der Waals surface area (Å²) in [6.07, 6.45) is 0. The van der Waals surface area contributed by atoms with Crippen molar-refractivity contribution >= 4 is 0 Å². The molecule has 0 saturated heterocycles. The normalized spacial score (nSPS) is 16.0. The van der Waals surface area contributed by atoms with E-state index in [-0.39, 0.29) is 0 Å². The Morgan fingerprint density at radius 2 is 1.53 bits per heavy atom. The van der Waals surface area contributed by atoms with E-state index in [1.165, 1.54) is 0 Å². The lowest BCUT2D eigenvalue weighted by Gasteiger charge is -2.25. The van der Waals surface area contributed by atoms with Gasteiger partial charge in [-0.1, -0.05) is 34.6 Å². The molecular weight excluding hydrogens is 184 g/mol. The Bertz CT molecular complexity index is 141. The van der Waals surface area contributed by atoms with E-state index >= 15 is 0 Å². The van der Waals surface area contributed by atoms with Gasteiger partial charge in [0.2, 0.25) is 0 Å². The van der Waals surface area contributed by atoms with Gasteiger partial charge in [-0.15, -0.1) is 0 Å². The highest BCUT2D eigenvalue weighted by Crippen LogP contribution is 2.07. The molecule has 0 aliphatic heterocycles. The van der Waals surface area contributed by atoms with E-state index in [1.54, 1.807) is 0 Å². The van der Waals surface area contributed by atoms with Gasteiger partial charge in [-0.05, 0) is 38.4 Å². The lowest BCUT2D eigenvalue weighted by molar-refractivity contribution is 0.261. The molecule has 15 heavy (non-hydrogen) atoms. The van der Waals surface area contributed by atoms with Gasteiger partial charge in [0.15, 0.2) is 0 Å². The summed E-state index contributed by atoms with van der Waals surface area (Å²) in [6.45, 7) is 18.3. The fraction of sp³-hybridized carbons (Fsp3) is 1.00. The van der Waals surface area contributed by atoms with Crippen LogP contribution >= 0.6 is 0 Å². The van der Waals surface area contributed by atoms with Crippen LogP contribution in [-0.2, 0) is 0 Å². The first-order valence-corrected chi connectivity index (χ1v) is 6.46. The largest absolute Gasteiger partial charge is 0.313 e. The molecule has 0 saturated carbocycles. The van der Waals surface area contributed by atoms with Crippen molar-refractivity contribution in [3.05, 3.63) is 0 Å². The van der Waals surface area contributed by atoms with Crippen molar-refractivity contribution < 1.29 is 0 Å². The van der Waals surface area contributed by atoms with Gasteiger partial charge in [-0.3, -0.25) is 0 Å². The number of hydrogen-bond donors (Lipinski definition) is 1. The fourth-order valence-electron chi connectivity index (χ4n) is 1.56. The van der Waals surface area contributed by atoms with Crippen LogP contribution in [0.25, 0.3) is 0 Å². The van der Waals surface area contributed by atoms with Gasteiger partial charge in [0.25, 0.3) is 0 Å². The highest BCUT2D eigenvalue weighted by molar-refractivity contribution is 4.69. The standard InChI is InChI=1S/C13H30N2/c1-7-15(8-2)10-13(6)14-9-12(5)11(3)4/h11-14H,7-10H2,1-6H3. The molecule has 0 fully saturated rings. The number of nitrogens with zero attached hydrogens (tertiary/aromatic N) is 1. The molecule has 0 aliphatic rings. The molecule has 0 rings (SSSR count). The second-order valence-electron chi connectivity index (χ2n) is 5.02. The first kappa shape index (κ1) is 14.9. The number of rotatable bonds is 8. The molecular formula is C13H30N2. The second kappa shape index (κ2) is 8.12. The zero-order valence-electron chi connectivity index (χ0n) is 11.5. The summed E-state index contributed by atoms with van der Waals surface area (Å²) in [6, 6.07) is 0.603. The van der Waals surface area contributed by atoms with Gasteiger partial charge >= 0.3 is 0 Å². The molecule has 92 valence electrons. The molecule has 1 N–H and O–H groups in total. The SMILES string of the molecule is CCN(CC)CC(C)NCC(C)C(C)C. The van der Waals surface area contributed by atoms with Crippen LogP contribution in [0.2, 0.25) is 0 Å². The summed E-state index contributed by atoms with van der Waals surface area (Å²) in [4.78, 5) is 2.47. The summed E-state index contributed by atoms with van der Waals surface area (Å²) in [5.41, 5.74) is 0. The Balaban J connectivity index is 3.69. The van der Waals surface area contributed by atoms with Gasteiger partial charge < -0.3 is 10.2 Å². The molecule has 0 bridgehead atoms. The third-order valence-corrected chi connectivity index (χ3v) is 3.35. The van der Waals surface area contributed by atoms with Crippen molar-refractivity contribution in [2.45, 2.75) is 47.6 Å². The van der Waals surface area contributed by atoms with Crippen molar-refractivity contribution in [3.8, 4) is 0 Å². The molecule has 2 heteroatoms. The van der Waals surface area contributed by atoms with Crippen LogP contribution in [-0.4, -0.2) is 37.1 Å². The summed E-state index contributed by atoms with van der Waals surface area (Å²) in [7, 11) is 0. The van der Waals surface area contributed by atoms with Crippen molar-refractivity contribution in [2.24, 2.45) is 11.8 Å². The number of nitrogens with one attached hydrogen (secondary N) is 1. The molecule has 2 unspecified atom stereocenters. The van der Waals surface area contributed by atoms with Crippen molar-refractivity contribution in [1.82, 2.24) is 10.2 Å². The van der Waals surface area contributed by atoms with E-state index in [0.29, 0.717) is 6.04 Å². The Kier molecular flexibility index (Phi) is 8.07. The summed E-state index contributed by atoms with van der Waals surface area (Å²) >= 11 is 0. The van der Waals surface area contributed by atoms with Crippen LogP contribution in [0.5, 0.6) is 0 Å². The average molecular weight is 214 g/mol. The van der Waals surface area contributed by atoms with E-state index in [9.17, 15) is 0 Å². The Labute approximate surface area is 96.4 Å². The summed E-state index contributed by atoms with van der Waals surface area (Å²) in [5, 5.41) is 3.62. The summed E-state index contributed by atoms with van der Waals surface area (Å²) in [5.74, 6) is 1.54. The van der Waals surface area contributed by atoms with E-state index < -0.39 is 0 Å². The number of likely N-dealkylation sites (N-methyl/N-ethyl adjacent to an activating group) is 1. The van der Waals surface area contributed by atoms with E-state index in [0.717, 1.165) is 38.0 Å². The van der Waals surface area contributed by atoms with Gasteiger partial charge in [0, 0.05) is 12.6 Å². The number of hydrogen-bond acceptors (Lipinski definition) is 2. The average Bonchev–Trinajstić information content (AvgIpc) is 2.22. The third kappa shape index (κ3) is 6.91. The Morgan fingerprint density at radius 3 is 1.93 bits per heavy atom. The molecule has 2 nitrogen and oxygen atoms in total. The van der Waals surface area contributed by atoms with Crippen molar-refractivity contribution in [1.29, 1.82) is 0 Å². The first-order valence-electron chi connectivity index (χ1n) is 6.46. The molecule has 0 amide bonds. The van der Waals surface area contributed by atoms with Crippen LogP contribution in [0.1, 0.15) is 41.5 Å². The molecule has 0 heterocycles. The maximum absolute atomic E-state index is 3.62. The highest BCUT2D eigenvalue weighted by Gasteiger charge is 2.10. The van der Waals surface area contributed by atoms with E-state index in [4.69, 9.17) is 0 Å². The van der Waals surface area contributed by atoms with Gasteiger partial charge in [-0.25, -0.2) is 0 Å². The van der Waals surface area contributed by atoms with Crippen LogP contribution in [0.15, 0.2) is 0 Å². The third-order valence-electron chi connectivity index (χ3n) is 3.35. The Hall–Kier alpha value is -0.0800. The lowest BCUT2D eigenvalue weighted by Crippen LogP contribution is -2.41. The smallest absolute Gasteiger partial charge is 0.0166 e. The lowest BCUT2D eigenvalue weighted by atomic mass is 9.98. The van der Waals surface area contributed by atoms with Gasteiger partial charge in [0.1, 0.15) is 0 Å². The maximum Gasteiger partial charge on any atom is 0.0166 e. The summed E-state index contributed by atoms with van der Waals surface area (Å²) < 4.78 is 0. The fourth-order valence-corrected chi connectivity index (χ4v) is 1.56. The maximum atomic E-state index is 3.62. The Morgan fingerprint density at radius 1 is 1.00 bits per heavy atom. The monoisotopic (exact) mass is 214 g/mol. The minimum absolute atomic E-state index is 0.603. The van der Waals surface area contributed by atoms with E-state index in [1.807, 2.05) is 0 Å². The molecule has 2 atom stereocenters. The zero-order valence-corrected chi connectivity index (χ0v) is 11.5. The van der Waals surface area contributed by atoms with Crippen molar-refractivity contribution in [3.63, 3.8) is 0 Å². The van der Waals surface area contributed by atoms with E-state index in [2.05, 4.69) is 51.8 Å². The molecule has 0 aliphatic carbocycles. The minimum Gasteiger partial charge on any atom is -0.313 e. The van der Waals surface area contributed by atoms with Gasteiger partial charge in [0.05, 0.1) is 0 Å². The highest BCUT2D eigenvalue weighted by atomic mass is 15.1. The molecule has 0 radical (unpaired) electrons. The zero-order chi connectivity index (χ0) is 11.8. The quantitative estimate of drug-likeness (QED) is 0.668. The molecule has 0 aromatic carbocycles. The minimum atomic E-state index is 0.603. The molecule has 0 aromatic rings. The second-order valence-corrected chi connectivity index (χ2v) is 5.02. The predicted molar refractivity (Wildman–Crippen MR) is 69.3 cm³/mol. The van der Waals surface area contributed by atoms with Crippen LogP contribution in [0.3, 0.4) is 0 Å². The van der Waals surface area contributed by atoms with Crippen molar-refractivity contribution in [2.75, 3.05) is 26.2 Å². The predicted octanol–water partition coefficient (Wildman–Crippen LogP) is 2.60. The topological polar surface area (TPSA) is 15.3 Å². The first-order chi connectivity index (χ1) is 7.01. The van der Waals surface area contributed by atoms with Crippen LogP contribution in [0, 0.1) is 11.8 Å². The van der Waals surface area contributed by atoms with Crippen LogP contribution < -0.4 is 5.32 Å². The molecule has 0 spiro atoms. The van der Waals surface area contributed by atoms with Gasteiger partial charge in [-0.2, -0.15) is 0 Å².